The maximum absolute atomic E-state index is 11.8. The van der Waals surface area contributed by atoms with Gasteiger partial charge in [0.2, 0.25) is 0 Å². The van der Waals surface area contributed by atoms with Crippen molar-refractivity contribution in [2.45, 2.75) is 26.3 Å². The van der Waals surface area contributed by atoms with E-state index in [0.717, 1.165) is 0 Å². The standard InChI is InChI=1S/C12H15N3O/c1-4-10(5-2)15-12(16)11-6-9(13)7-14-8(11)3/h1,6-7,10H,5,13H2,2-3H3,(H,15,16). The van der Waals surface area contributed by atoms with Crippen LogP contribution in [0, 0.1) is 19.3 Å². The third-order valence-corrected chi connectivity index (χ3v) is 2.27. The Kier molecular flexibility index (Phi) is 3.90. The smallest absolute Gasteiger partial charge is 0.254 e. The summed E-state index contributed by atoms with van der Waals surface area (Å²) in [5.41, 5.74) is 7.14. The number of pyridine rings is 1. The van der Waals surface area contributed by atoms with Crippen LogP contribution in [0.2, 0.25) is 0 Å². The average molecular weight is 217 g/mol. The fourth-order valence-electron chi connectivity index (χ4n) is 1.28. The molecule has 0 bridgehead atoms. The average Bonchev–Trinajstić information content (AvgIpc) is 2.28. The molecule has 0 spiro atoms. The summed E-state index contributed by atoms with van der Waals surface area (Å²) in [7, 11) is 0. The lowest BCUT2D eigenvalue weighted by atomic mass is 10.1. The molecule has 1 unspecified atom stereocenters. The van der Waals surface area contributed by atoms with Crippen LogP contribution >= 0.6 is 0 Å². The first-order valence-corrected chi connectivity index (χ1v) is 5.07. The minimum absolute atomic E-state index is 0.234. The van der Waals surface area contributed by atoms with Crippen molar-refractivity contribution >= 4 is 11.6 Å². The maximum atomic E-state index is 11.8. The number of carbonyl (C=O) groups excluding carboxylic acids is 1. The van der Waals surface area contributed by atoms with E-state index in [-0.39, 0.29) is 11.9 Å². The van der Waals surface area contributed by atoms with Crippen molar-refractivity contribution in [1.29, 1.82) is 0 Å². The van der Waals surface area contributed by atoms with Gasteiger partial charge in [0.05, 0.1) is 29.2 Å². The van der Waals surface area contributed by atoms with E-state index in [4.69, 9.17) is 12.2 Å². The first kappa shape index (κ1) is 12.1. The van der Waals surface area contributed by atoms with Gasteiger partial charge in [-0.2, -0.15) is 0 Å². The molecule has 0 radical (unpaired) electrons. The number of carbonyl (C=O) groups is 1. The van der Waals surface area contributed by atoms with E-state index in [1.807, 2.05) is 6.92 Å². The summed E-state index contributed by atoms with van der Waals surface area (Å²) < 4.78 is 0. The van der Waals surface area contributed by atoms with Gasteiger partial charge in [-0.3, -0.25) is 9.78 Å². The fourth-order valence-corrected chi connectivity index (χ4v) is 1.28. The van der Waals surface area contributed by atoms with Crippen LogP contribution in [0.4, 0.5) is 5.69 Å². The molecular weight excluding hydrogens is 202 g/mol. The van der Waals surface area contributed by atoms with Crippen molar-refractivity contribution in [2.75, 3.05) is 5.73 Å². The molecule has 0 aliphatic carbocycles. The first-order chi connectivity index (χ1) is 7.58. The molecule has 0 aliphatic rings. The van der Waals surface area contributed by atoms with Gasteiger partial charge in [-0.25, -0.2) is 0 Å². The van der Waals surface area contributed by atoms with Gasteiger partial charge in [0, 0.05) is 0 Å². The van der Waals surface area contributed by atoms with Gasteiger partial charge in [-0.05, 0) is 19.4 Å². The molecule has 1 atom stereocenters. The number of aryl methyl sites for hydroxylation is 1. The molecule has 0 saturated carbocycles. The molecule has 1 aromatic rings. The van der Waals surface area contributed by atoms with Crippen LogP contribution in [0.1, 0.15) is 29.4 Å². The topological polar surface area (TPSA) is 68.0 Å². The number of terminal acetylenes is 1. The molecule has 0 aromatic carbocycles. The molecule has 4 nitrogen and oxygen atoms in total. The molecule has 4 heteroatoms. The van der Waals surface area contributed by atoms with Crippen LogP contribution in [0.5, 0.6) is 0 Å². The lowest BCUT2D eigenvalue weighted by Crippen LogP contribution is -2.33. The Morgan fingerprint density at radius 1 is 1.75 bits per heavy atom. The minimum Gasteiger partial charge on any atom is -0.397 e. The molecule has 1 rings (SSSR count). The van der Waals surface area contributed by atoms with E-state index in [0.29, 0.717) is 23.4 Å². The molecule has 3 N–H and O–H groups in total. The number of amides is 1. The van der Waals surface area contributed by atoms with Crippen molar-refractivity contribution in [1.82, 2.24) is 10.3 Å². The SMILES string of the molecule is C#CC(CC)NC(=O)c1cc(N)cnc1C. The molecule has 0 fully saturated rings. The van der Waals surface area contributed by atoms with Gasteiger partial charge in [0.15, 0.2) is 0 Å². The second-order valence-corrected chi connectivity index (χ2v) is 3.50. The van der Waals surface area contributed by atoms with Crippen molar-refractivity contribution in [2.24, 2.45) is 0 Å². The van der Waals surface area contributed by atoms with Gasteiger partial charge >= 0.3 is 0 Å². The summed E-state index contributed by atoms with van der Waals surface area (Å²) in [5.74, 6) is 2.27. The van der Waals surface area contributed by atoms with Crippen molar-refractivity contribution in [3.05, 3.63) is 23.5 Å². The Morgan fingerprint density at radius 2 is 2.44 bits per heavy atom. The Morgan fingerprint density at radius 3 is 3.00 bits per heavy atom. The number of nitrogens with one attached hydrogen (secondary N) is 1. The highest BCUT2D eigenvalue weighted by molar-refractivity contribution is 5.96. The van der Waals surface area contributed by atoms with Gasteiger partial charge < -0.3 is 11.1 Å². The van der Waals surface area contributed by atoms with Crippen LogP contribution in [0.3, 0.4) is 0 Å². The highest BCUT2D eigenvalue weighted by Gasteiger charge is 2.13. The number of hydrogen-bond acceptors (Lipinski definition) is 3. The molecule has 1 aromatic heterocycles. The molecule has 1 heterocycles. The van der Waals surface area contributed by atoms with Crippen molar-refractivity contribution in [3.8, 4) is 12.3 Å². The van der Waals surface area contributed by atoms with E-state index >= 15 is 0 Å². The third kappa shape index (κ3) is 2.74. The van der Waals surface area contributed by atoms with Crippen molar-refractivity contribution in [3.63, 3.8) is 0 Å². The third-order valence-electron chi connectivity index (χ3n) is 2.27. The van der Waals surface area contributed by atoms with Crippen LogP contribution in [0.15, 0.2) is 12.3 Å². The first-order valence-electron chi connectivity index (χ1n) is 5.07. The largest absolute Gasteiger partial charge is 0.397 e. The number of nitrogen functional groups attached to an aromatic ring is 1. The summed E-state index contributed by atoms with van der Waals surface area (Å²) in [6.45, 7) is 3.67. The van der Waals surface area contributed by atoms with E-state index in [9.17, 15) is 4.79 Å². The van der Waals surface area contributed by atoms with Gasteiger partial charge in [0.1, 0.15) is 0 Å². The second kappa shape index (κ2) is 5.17. The highest BCUT2D eigenvalue weighted by Crippen LogP contribution is 2.09. The molecule has 1 amide bonds. The number of anilines is 1. The van der Waals surface area contributed by atoms with E-state index in [2.05, 4.69) is 16.2 Å². The number of rotatable bonds is 3. The van der Waals surface area contributed by atoms with E-state index in [1.54, 1.807) is 13.0 Å². The lowest BCUT2D eigenvalue weighted by Gasteiger charge is -2.12. The van der Waals surface area contributed by atoms with Crippen LogP contribution in [-0.4, -0.2) is 16.9 Å². The number of nitrogens with two attached hydrogens (primary N) is 1. The Hall–Kier alpha value is -2.02. The number of hydrogen-bond donors (Lipinski definition) is 2. The lowest BCUT2D eigenvalue weighted by molar-refractivity contribution is 0.0944. The second-order valence-electron chi connectivity index (χ2n) is 3.50. The summed E-state index contributed by atoms with van der Waals surface area (Å²) in [5, 5.41) is 2.73. The van der Waals surface area contributed by atoms with Gasteiger partial charge in [0.25, 0.3) is 5.91 Å². The number of aromatic nitrogens is 1. The highest BCUT2D eigenvalue weighted by atomic mass is 16.1. The summed E-state index contributed by atoms with van der Waals surface area (Å²) in [6, 6.07) is 1.34. The zero-order valence-corrected chi connectivity index (χ0v) is 9.45. The van der Waals surface area contributed by atoms with E-state index in [1.165, 1.54) is 6.20 Å². The summed E-state index contributed by atoms with van der Waals surface area (Å²) in [6.07, 6.45) is 7.48. The molecular formula is C12H15N3O. The van der Waals surface area contributed by atoms with Crippen molar-refractivity contribution < 1.29 is 4.79 Å². The fraction of sp³-hybridized carbons (Fsp3) is 0.333. The summed E-state index contributed by atoms with van der Waals surface area (Å²) in [4.78, 5) is 15.9. The van der Waals surface area contributed by atoms with Crippen LogP contribution < -0.4 is 11.1 Å². The Balaban J connectivity index is 2.89. The number of nitrogens with zero attached hydrogens (tertiary/aromatic N) is 1. The molecule has 0 saturated heterocycles. The Labute approximate surface area is 95.3 Å². The van der Waals surface area contributed by atoms with Crippen LogP contribution in [-0.2, 0) is 0 Å². The van der Waals surface area contributed by atoms with Gasteiger partial charge in [-0.15, -0.1) is 6.42 Å². The quantitative estimate of drug-likeness (QED) is 0.745. The monoisotopic (exact) mass is 217 g/mol. The molecule has 0 aliphatic heterocycles. The maximum Gasteiger partial charge on any atom is 0.254 e. The zero-order valence-electron chi connectivity index (χ0n) is 9.45. The van der Waals surface area contributed by atoms with Crippen LogP contribution in [0.25, 0.3) is 0 Å². The molecule has 84 valence electrons. The van der Waals surface area contributed by atoms with Gasteiger partial charge in [-0.1, -0.05) is 12.8 Å². The predicted molar refractivity (Wildman–Crippen MR) is 63.8 cm³/mol. The minimum atomic E-state index is -0.256. The Bertz CT molecular complexity index is 434. The zero-order chi connectivity index (χ0) is 12.1. The van der Waals surface area contributed by atoms with E-state index < -0.39 is 0 Å². The normalized spacial score (nSPS) is 11.6. The summed E-state index contributed by atoms with van der Waals surface area (Å²) >= 11 is 0. The molecule has 16 heavy (non-hydrogen) atoms. The predicted octanol–water partition coefficient (Wildman–Crippen LogP) is 1.11.